The van der Waals surface area contributed by atoms with Crippen molar-refractivity contribution in [3.63, 3.8) is 0 Å². The fourth-order valence-electron chi connectivity index (χ4n) is 12.2. The van der Waals surface area contributed by atoms with Crippen molar-refractivity contribution in [1.82, 2.24) is 0 Å². The van der Waals surface area contributed by atoms with Gasteiger partial charge in [-0.2, -0.15) is 5.26 Å². The second-order valence-electron chi connectivity index (χ2n) is 19.6. The molecule has 0 spiro atoms. The van der Waals surface area contributed by atoms with E-state index in [1.807, 2.05) is 36.0 Å². The summed E-state index contributed by atoms with van der Waals surface area (Å²) in [6.07, 6.45) is 0. The van der Waals surface area contributed by atoms with Crippen LogP contribution in [0.25, 0.3) is 22.3 Å². The Morgan fingerprint density at radius 1 is 0.421 bits per heavy atom. The number of halogens is 1. The number of fused-ring (bicyclic) bond motifs is 8. The molecule has 5 nitrogen and oxygen atoms in total. The van der Waals surface area contributed by atoms with E-state index in [2.05, 4.69) is 245 Å². The molecule has 0 N–H and O–H groups in total. The van der Waals surface area contributed by atoms with Crippen molar-refractivity contribution >= 4 is 121 Å². The minimum Gasteiger partial charge on any atom is -0.458 e. The van der Waals surface area contributed by atoms with E-state index in [1.165, 1.54) is 37.1 Å². The van der Waals surface area contributed by atoms with Gasteiger partial charge in [0.05, 0.1) is 23.0 Å². The molecule has 0 fully saturated rings. The topological polar surface area (TPSA) is 42.7 Å². The Labute approximate surface area is 451 Å². The molecule has 0 radical (unpaired) electrons. The molecule has 4 aliphatic rings. The lowest BCUT2D eigenvalue weighted by atomic mass is 9.31. The zero-order valence-corrected chi connectivity index (χ0v) is 42.4. The van der Waals surface area contributed by atoms with Crippen LogP contribution in [0, 0.1) is 11.3 Å². The summed E-state index contributed by atoms with van der Waals surface area (Å²) in [5, 5.41) is 10.9. The highest BCUT2D eigenvalue weighted by molar-refractivity contribution is 8.00. The molecule has 354 valence electrons. The molecule has 9 heteroatoms. The summed E-state index contributed by atoms with van der Waals surface area (Å²) in [5.41, 5.74) is 21.5. The van der Waals surface area contributed by atoms with Gasteiger partial charge in [0, 0.05) is 66.3 Å². The summed E-state index contributed by atoms with van der Waals surface area (Å²) in [6.45, 7) is -0.269. The van der Waals surface area contributed by atoms with E-state index in [4.69, 9.17) is 16.3 Å². The molecule has 0 atom stereocenters. The molecule has 11 aromatic rings. The third-order valence-corrected chi connectivity index (χ3v) is 16.8. The van der Waals surface area contributed by atoms with Crippen LogP contribution in [0.3, 0.4) is 0 Å². The van der Waals surface area contributed by atoms with E-state index in [9.17, 15) is 5.26 Å². The van der Waals surface area contributed by atoms with Gasteiger partial charge in [0.15, 0.2) is 0 Å². The predicted octanol–water partition coefficient (Wildman–Crippen LogP) is 14.2. The van der Waals surface area contributed by atoms with Gasteiger partial charge < -0.3 is 19.4 Å². The fourth-order valence-corrected chi connectivity index (χ4v) is 13.5. The number of para-hydroxylation sites is 4. The molecular formula is C67H41B2ClN4OS. The van der Waals surface area contributed by atoms with Gasteiger partial charge in [-0.05, 0) is 147 Å². The van der Waals surface area contributed by atoms with Crippen LogP contribution in [0.4, 0.5) is 51.2 Å². The number of anilines is 9. The monoisotopic (exact) mass is 1010 g/mol. The molecule has 76 heavy (non-hydrogen) atoms. The highest BCUT2D eigenvalue weighted by Crippen LogP contribution is 2.51. The summed E-state index contributed by atoms with van der Waals surface area (Å²) in [7, 11) is 0. The van der Waals surface area contributed by atoms with Crippen LogP contribution < -0.4 is 52.2 Å². The molecule has 0 aliphatic carbocycles. The van der Waals surface area contributed by atoms with Crippen molar-refractivity contribution in [2.24, 2.45) is 0 Å². The number of hydrogen-bond acceptors (Lipinski definition) is 6. The van der Waals surface area contributed by atoms with E-state index in [0.29, 0.717) is 10.6 Å². The second kappa shape index (κ2) is 17.8. The number of benzene rings is 11. The smallest absolute Gasteiger partial charge is 0.253 e. The number of ether oxygens (including phenoxy) is 1. The van der Waals surface area contributed by atoms with Crippen LogP contribution in [0.15, 0.2) is 259 Å². The van der Waals surface area contributed by atoms with Gasteiger partial charge in [-0.3, -0.25) is 0 Å². The van der Waals surface area contributed by atoms with Crippen LogP contribution in [-0.2, 0) is 0 Å². The third kappa shape index (κ3) is 7.04. The number of nitriles is 1. The molecular weight excluding hydrogens is 966 g/mol. The van der Waals surface area contributed by atoms with Crippen LogP contribution in [0.2, 0.25) is 5.02 Å². The molecule has 0 unspecified atom stereocenters. The summed E-state index contributed by atoms with van der Waals surface area (Å²) in [6, 6.07) is 91.2. The molecule has 0 saturated carbocycles. The highest BCUT2D eigenvalue weighted by Gasteiger charge is 2.47. The SMILES string of the molecule is N#Cc1ccc(N2c3cc4c(cc3B3c5ccccc5N(c5ccccc5-c5ccccc5)c5cc(N(c6ccccc6)c6ccccc6)cc2c53)B2c3ccccc3Sc3cc(-c5ccc(Cl)cc5)cc(c32)O4)cc1. The fraction of sp³-hybridized carbons (Fsp3) is 0. The normalized spacial score (nSPS) is 13.0. The van der Waals surface area contributed by atoms with E-state index < -0.39 is 0 Å². The Hall–Kier alpha value is -9.12. The summed E-state index contributed by atoms with van der Waals surface area (Å²) in [4.78, 5) is 9.70. The van der Waals surface area contributed by atoms with Crippen LogP contribution in [0.5, 0.6) is 11.5 Å². The molecule has 0 aromatic heterocycles. The first-order chi connectivity index (χ1) is 37.6. The maximum Gasteiger partial charge on any atom is 0.253 e. The maximum absolute atomic E-state index is 10.2. The molecule has 0 saturated heterocycles. The first-order valence-electron chi connectivity index (χ1n) is 25.5. The van der Waals surface area contributed by atoms with E-state index in [1.54, 1.807) is 0 Å². The second-order valence-corrected chi connectivity index (χ2v) is 21.1. The van der Waals surface area contributed by atoms with Crippen molar-refractivity contribution in [3.05, 3.63) is 259 Å². The van der Waals surface area contributed by atoms with E-state index >= 15 is 0 Å². The molecule has 4 aliphatic heterocycles. The summed E-state index contributed by atoms with van der Waals surface area (Å²) >= 11 is 8.24. The van der Waals surface area contributed by atoms with Crippen LogP contribution in [-0.4, -0.2) is 13.4 Å². The van der Waals surface area contributed by atoms with E-state index in [0.717, 1.165) is 90.4 Å². The lowest BCUT2D eigenvalue weighted by molar-refractivity contribution is 0.487. The van der Waals surface area contributed by atoms with Crippen molar-refractivity contribution in [2.75, 3.05) is 14.7 Å². The Balaban J connectivity index is 1.04. The van der Waals surface area contributed by atoms with E-state index in [-0.39, 0.29) is 13.4 Å². The molecule has 11 aromatic carbocycles. The first kappa shape index (κ1) is 44.4. The number of rotatable bonds is 7. The van der Waals surface area contributed by atoms with Gasteiger partial charge in [0.25, 0.3) is 13.4 Å². The van der Waals surface area contributed by atoms with Crippen molar-refractivity contribution in [2.45, 2.75) is 9.79 Å². The molecule has 4 heterocycles. The van der Waals surface area contributed by atoms with Crippen molar-refractivity contribution in [3.8, 4) is 39.8 Å². The standard InChI is InChI=1S/C67H41B2ClN4OS/c70-47-32-30-44(31-33-47)46-36-63-67-65(37-46)76-64-27-15-12-24-54(64)69(67)56-40-55-59(41-62(56)75-63)73(50-34-28-43(42-71)29-35-50)60-38-51(72(48-18-6-2-7-19-48)49-20-8-3-9-21-49)39-61-66(60)68(55)53-23-11-14-26-58(53)74(61)57-25-13-10-22-52(57)45-16-4-1-5-17-45/h1-41H. The third-order valence-electron chi connectivity index (χ3n) is 15.4. The molecule has 15 rings (SSSR count). The largest absolute Gasteiger partial charge is 0.458 e. The zero-order chi connectivity index (χ0) is 50.4. The predicted molar refractivity (Wildman–Crippen MR) is 317 cm³/mol. The zero-order valence-electron chi connectivity index (χ0n) is 40.8. The maximum atomic E-state index is 10.2. The van der Waals surface area contributed by atoms with Crippen LogP contribution >= 0.6 is 23.4 Å². The first-order valence-corrected chi connectivity index (χ1v) is 26.7. The summed E-state index contributed by atoms with van der Waals surface area (Å²) < 4.78 is 7.36. The number of nitrogens with zero attached hydrogens (tertiary/aromatic N) is 4. The average Bonchev–Trinajstić information content (AvgIpc) is 3.50. The minimum absolute atomic E-state index is 0.0826. The average molecular weight is 1010 g/mol. The Morgan fingerprint density at radius 2 is 1.04 bits per heavy atom. The van der Waals surface area contributed by atoms with Crippen LogP contribution in [0.1, 0.15) is 5.56 Å². The van der Waals surface area contributed by atoms with Gasteiger partial charge in [-0.1, -0.05) is 168 Å². The molecule has 0 bridgehead atoms. The lowest BCUT2D eigenvalue weighted by Gasteiger charge is -2.46. The Kier molecular flexibility index (Phi) is 10.4. The Morgan fingerprint density at radius 3 is 1.76 bits per heavy atom. The van der Waals surface area contributed by atoms with Crippen molar-refractivity contribution in [1.29, 1.82) is 5.26 Å². The minimum atomic E-state index is -0.187. The summed E-state index contributed by atoms with van der Waals surface area (Å²) in [5.74, 6) is 1.66. The molecule has 0 amide bonds. The van der Waals surface area contributed by atoms with Gasteiger partial charge in [0.1, 0.15) is 11.5 Å². The van der Waals surface area contributed by atoms with Gasteiger partial charge >= 0.3 is 0 Å². The Bertz CT molecular complexity index is 4130. The highest BCUT2D eigenvalue weighted by atomic mass is 35.5. The van der Waals surface area contributed by atoms with Crippen molar-refractivity contribution < 1.29 is 4.74 Å². The quantitative estimate of drug-likeness (QED) is 0.148. The van der Waals surface area contributed by atoms with Gasteiger partial charge in [-0.15, -0.1) is 0 Å². The van der Waals surface area contributed by atoms with Gasteiger partial charge in [-0.25, -0.2) is 0 Å². The lowest BCUT2D eigenvalue weighted by Crippen LogP contribution is -2.64. The number of hydrogen-bond donors (Lipinski definition) is 0. The van der Waals surface area contributed by atoms with Gasteiger partial charge in [0.2, 0.25) is 0 Å².